The van der Waals surface area contributed by atoms with E-state index < -0.39 is 17.6 Å². The molecule has 0 radical (unpaired) electrons. The molecule has 2 atom stereocenters. The van der Waals surface area contributed by atoms with E-state index in [4.69, 9.17) is 4.74 Å². The Morgan fingerprint density at radius 2 is 1.79 bits per heavy atom. The number of carbonyl (C=O) groups is 2. The van der Waals surface area contributed by atoms with Gasteiger partial charge in [-0.2, -0.15) is 0 Å². The van der Waals surface area contributed by atoms with Crippen molar-refractivity contribution in [1.29, 1.82) is 0 Å². The van der Waals surface area contributed by atoms with Gasteiger partial charge in [-0.05, 0) is 88.4 Å². The summed E-state index contributed by atoms with van der Waals surface area (Å²) < 4.78 is 5.60. The SMILES string of the molecule is Cc1cccc(C(=O)N2CCCCC3(CCN(Cc4ccccn4)CC3)C(=O)OC[C@@H](O)[C@@H](O)CC2)c1C. The topological polar surface area (TPSA) is 103 Å². The van der Waals surface area contributed by atoms with Crippen LogP contribution in [0.4, 0.5) is 0 Å². The molecule has 2 aliphatic heterocycles. The summed E-state index contributed by atoms with van der Waals surface area (Å²) in [5, 5.41) is 21.1. The number of benzene rings is 1. The van der Waals surface area contributed by atoms with E-state index in [9.17, 15) is 19.8 Å². The molecule has 2 fully saturated rings. The number of hydrogen-bond donors (Lipinski definition) is 2. The number of hydrogen-bond acceptors (Lipinski definition) is 7. The first-order valence-electron chi connectivity index (χ1n) is 13.8. The van der Waals surface area contributed by atoms with Gasteiger partial charge in [0.05, 0.1) is 17.2 Å². The van der Waals surface area contributed by atoms with Crippen LogP contribution in [0.2, 0.25) is 0 Å². The molecule has 2 aromatic rings. The van der Waals surface area contributed by atoms with Crippen molar-refractivity contribution in [3.8, 4) is 0 Å². The van der Waals surface area contributed by atoms with E-state index in [2.05, 4.69) is 9.88 Å². The zero-order valence-electron chi connectivity index (χ0n) is 22.6. The summed E-state index contributed by atoms with van der Waals surface area (Å²) in [5.74, 6) is -0.351. The highest BCUT2D eigenvalue weighted by Gasteiger charge is 2.42. The van der Waals surface area contributed by atoms with Gasteiger partial charge in [0.1, 0.15) is 12.7 Å². The first-order valence-corrected chi connectivity index (χ1v) is 13.8. The number of aliphatic hydroxyl groups is 2. The Morgan fingerprint density at radius 1 is 1.00 bits per heavy atom. The van der Waals surface area contributed by atoms with Crippen molar-refractivity contribution in [2.75, 3.05) is 32.8 Å². The number of nitrogens with zero attached hydrogens (tertiary/aromatic N) is 3. The molecular weight excluding hydrogens is 482 g/mol. The number of ether oxygens (including phenoxy) is 1. The van der Waals surface area contributed by atoms with Gasteiger partial charge in [0.2, 0.25) is 0 Å². The monoisotopic (exact) mass is 523 g/mol. The highest BCUT2D eigenvalue weighted by molar-refractivity contribution is 5.96. The van der Waals surface area contributed by atoms with Crippen molar-refractivity contribution in [2.45, 2.75) is 71.1 Å². The molecule has 1 spiro atoms. The van der Waals surface area contributed by atoms with Gasteiger partial charge in [0, 0.05) is 31.4 Å². The van der Waals surface area contributed by atoms with Crippen LogP contribution in [0.15, 0.2) is 42.6 Å². The van der Waals surface area contributed by atoms with E-state index in [1.54, 1.807) is 11.1 Å². The molecule has 4 rings (SSSR count). The molecule has 1 amide bonds. The third-order valence-electron chi connectivity index (χ3n) is 8.34. The Hall–Kier alpha value is -2.81. The minimum Gasteiger partial charge on any atom is -0.462 e. The maximum Gasteiger partial charge on any atom is 0.312 e. The highest BCUT2D eigenvalue weighted by Crippen LogP contribution is 2.38. The summed E-state index contributed by atoms with van der Waals surface area (Å²) in [6, 6.07) is 11.6. The number of esters is 1. The normalized spacial score (nSPS) is 23.7. The standard InChI is InChI=1S/C30H41N3O5/c1-22-8-7-10-25(23(22)2)28(36)33-16-6-4-12-30(29(37)38-21-27(35)26(34)11-17-33)13-18-32(19-14-30)20-24-9-3-5-15-31-24/h3,5,7-10,15,26-27,34-35H,4,6,11-14,16-21H2,1-2H3/t26-,27+/m0/s1. The maximum absolute atomic E-state index is 13.5. The summed E-state index contributed by atoms with van der Waals surface area (Å²) in [5.41, 5.74) is 3.06. The van der Waals surface area contributed by atoms with Crippen LogP contribution in [0.1, 0.15) is 65.7 Å². The molecule has 8 heteroatoms. The number of cyclic esters (lactones) is 1. The fourth-order valence-corrected chi connectivity index (χ4v) is 5.56. The summed E-state index contributed by atoms with van der Waals surface area (Å²) >= 11 is 0. The van der Waals surface area contributed by atoms with Crippen molar-refractivity contribution < 1.29 is 24.5 Å². The number of aryl methyl sites for hydroxylation is 1. The van der Waals surface area contributed by atoms with Crippen LogP contribution in [0, 0.1) is 19.3 Å². The predicted molar refractivity (Wildman–Crippen MR) is 144 cm³/mol. The van der Waals surface area contributed by atoms with Crippen molar-refractivity contribution >= 4 is 11.9 Å². The largest absolute Gasteiger partial charge is 0.462 e. The smallest absolute Gasteiger partial charge is 0.312 e. The molecule has 3 heterocycles. The Kier molecular flexibility index (Phi) is 9.52. The average molecular weight is 524 g/mol. The van der Waals surface area contributed by atoms with Gasteiger partial charge in [-0.3, -0.25) is 19.5 Å². The van der Waals surface area contributed by atoms with Crippen LogP contribution >= 0.6 is 0 Å². The minimum absolute atomic E-state index is 0.0624. The molecule has 38 heavy (non-hydrogen) atoms. The van der Waals surface area contributed by atoms with Crippen LogP contribution < -0.4 is 0 Å². The van der Waals surface area contributed by atoms with Crippen molar-refractivity contribution in [3.63, 3.8) is 0 Å². The van der Waals surface area contributed by atoms with Crippen LogP contribution in [0.5, 0.6) is 0 Å². The van der Waals surface area contributed by atoms with Gasteiger partial charge < -0.3 is 19.8 Å². The van der Waals surface area contributed by atoms with Gasteiger partial charge in [0.25, 0.3) is 5.91 Å². The molecule has 1 aromatic heterocycles. The van der Waals surface area contributed by atoms with E-state index in [-0.39, 0.29) is 24.9 Å². The lowest BCUT2D eigenvalue weighted by atomic mass is 9.74. The van der Waals surface area contributed by atoms with Crippen molar-refractivity contribution in [3.05, 3.63) is 65.0 Å². The zero-order chi connectivity index (χ0) is 27.1. The molecule has 1 aromatic carbocycles. The number of aliphatic hydroxyl groups excluding tert-OH is 2. The van der Waals surface area contributed by atoms with E-state index in [1.165, 1.54) is 0 Å². The van der Waals surface area contributed by atoms with E-state index >= 15 is 0 Å². The molecule has 206 valence electrons. The molecule has 2 saturated heterocycles. The zero-order valence-corrected chi connectivity index (χ0v) is 22.6. The fraction of sp³-hybridized carbons (Fsp3) is 0.567. The second-order valence-corrected chi connectivity index (χ2v) is 10.9. The van der Waals surface area contributed by atoms with Crippen LogP contribution in [0.25, 0.3) is 0 Å². The Bertz CT molecular complexity index is 1080. The number of carbonyl (C=O) groups excluding carboxylic acids is 2. The van der Waals surface area contributed by atoms with Crippen LogP contribution in [-0.2, 0) is 16.1 Å². The molecule has 0 saturated carbocycles. The Balaban J connectivity index is 1.45. The molecular formula is C30H41N3O5. The van der Waals surface area contributed by atoms with Gasteiger partial charge in [-0.1, -0.05) is 24.6 Å². The lowest BCUT2D eigenvalue weighted by Crippen LogP contribution is -2.46. The van der Waals surface area contributed by atoms with Crippen molar-refractivity contribution in [1.82, 2.24) is 14.8 Å². The predicted octanol–water partition coefficient (Wildman–Crippen LogP) is 3.26. The van der Waals surface area contributed by atoms with E-state index in [1.807, 2.05) is 50.2 Å². The lowest BCUT2D eigenvalue weighted by molar-refractivity contribution is -0.165. The quantitative estimate of drug-likeness (QED) is 0.595. The molecule has 0 bridgehead atoms. The third-order valence-corrected chi connectivity index (χ3v) is 8.34. The van der Waals surface area contributed by atoms with Gasteiger partial charge in [-0.15, -0.1) is 0 Å². The summed E-state index contributed by atoms with van der Waals surface area (Å²) in [7, 11) is 0. The molecule has 2 N–H and O–H groups in total. The number of aromatic nitrogens is 1. The second kappa shape index (κ2) is 12.8. The average Bonchev–Trinajstić information content (AvgIpc) is 2.93. The first kappa shape index (κ1) is 28.2. The molecule has 2 aliphatic rings. The van der Waals surface area contributed by atoms with Gasteiger partial charge in [0.15, 0.2) is 0 Å². The van der Waals surface area contributed by atoms with Gasteiger partial charge in [-0.25, -0.2) is 0 Å². The maximum atomic E-state index is 13.5. The van der Waals surface area contributed by atoms with Crippen LogP contribution in [-0.4, -0.2) is 81.9 Å². The number of pyridine rings is 1. The Morgan fingerprint density at radius 3 is 2.53 bits per heavy atom. The van der Waals surface area contributed by atoms with Gasteiger partial charge >= 0.3 is 5.97 Å². The van der Waals surface area contributed by atoms with Crippen LogP contribution in [0.3, 0.4) is 0 Å². The number of rotatable bonds is 3. The number of piperidine rings is 1. The summed E-state index contributed by atoms with van der Waals surface area (Å²) in [4.78, 5) is 35.3. The first-order chi connectivity index (χ1) is 18.3. The minimum atomic E-state index is -1.20. The molecule has 0 aliphatic carbocycles. The number of amides is 1. The third kappa shape index (κ3) is 6.79. The number of likely N-dealkylation sites (tertiary alicyclic amines) is 1. The molecule has 0 unspecified atom stereocenters. The second-order valence-electron chi connectivity index (χ2n) is 10.9. The fourth-order valence-electron chi connectivity index (χ4n) is 5.56. The lowest BCUT2D eigenvalue weighted by Gasteiger charge is -2.40. The van der Waals surface area contributed by atoms with E-state index in [0.717, 1.165) is 49.3 Å². The Labute approximate surface area is 225 Å². The summed E-state index contributed by atoms with van der Waals surface area (Å²) in [6.45, 7) is 6.82. The summed E-state index contributed by atoms with van der Waals surface area (Å²) in [6.07, 6.45) is 3.27. The molecule has 8 nitrogen and oxygen atoms in total. The van der Waals surface area contributed by atoms with Crippen molar-refractivity contribution in [2.24, 2.45) is 5.41 Å². The highest BCUT2D eigenvalue weighted by atomic mass is 16.5. The van der Waals surface area contributed by atoms with E-state index in [0.29, 0.717) is 37.9 Å².